The van der Waals surface area contributed by atoms with Crippen LogP contribution in [0.5, 0.6) is 0 Å². The third kappa shape index (κ3) is 5.61. The Morgan fingerprint density at radius 2 is 2.00 bits per heavy atom. The zero-order chi connectivity index (χ0) is 18.9. The largest absolute Gasteiger partial charge is 0.340 e. The van der Waals surface area contributed by atoms with E-state index in [0.29, 0.717) is 27.7 Å². The van der Waals surface area contributed by atoms with Crippen LogP contribution >= 0.6 is 27.7 Å². The smallest absolute Gasteiger partial charge is 0.253 e. The summed E-state index contributed by atoms with van der Waals surface area (Å²) in [5.41, 5.74) is 1.46. The lowest BCUT2D eigenvalue weighted by atomic mass is 10.1. The number of thioether (sulfide) groups is 1. The lowest BCUT2D eigenvalue weighted by Crippen LogP contribution is -2.44. The van der Waals surface area contributed by atoms with Crippen LogP contribution in [0.2, 0.25) is 0 Å². The van der Waals surface area contributed by atoms with E-state index in [2.05, 4.69) is 26.6 Å². The molecule has 134 valence electrons. The molecule has 2 rings (SSSR count). The summed E-state index contributed by atoms with van der Waals surface area (Å²) < 4.78 is 0.670. The van der Waals surface area contributed by atoms with Crippen LogP contribution in [0.3, 0.4) is 0 Å². The van der Waals surface area contributed by atoms with Crippen molar-refractivity contribution in [2.75, 3.05) is 17.3 Å². The number of halogens is 1. The molecule has 0 aliphatic heterocycles. The summed E-state index contributed by atoms with van der Waals surface area (Å²) in [5.74, 6) is 0.103. The van der Waals surface area contributed by atoms with Crippen molar-refractivity contribution in [1.82, 2.24) is 5.32 Å². The molecule has 0 fully saturated rings. The van der Waals surface area contributed by atoms with Gasteiger partial charge in [0.15, 0.2) is 0 Å². The Kier molecular flexibility index (Phi) is 7.70. The Bertz CT molecular complexity index is 836. The lowest BCUT2D eigenvalue weighted by molar-refractivity contribution is -0.118. The highest BCUT2D eigenvalue weighted by molar-refractivity contribution is 9.10. The van der Waals surface area contributed by atoms with Crippen molar-refractivity contribution < 1.29 is 9.59 Å². The molecule has 0 bridgehead atoms. The average molecular weight is 432 g/mol. The van der Waals surface area contributed by atoms with Crippen LogP contribution in [0.1, 0.15) is 22.3 Å². The highest BCUT2D eigenvalue weighted by atomic mass is 79.9. The number of hydrogen-bond donors (Lipinski definition) is 2. The van der Waals surface area contributed by atoms with Crippen LogP contribution in [0.4, 0.5) is 5.69 Å². The highest BCUT2D eigenvalue weighted by Crippen LogP contribution is 2.17. The summed E-state index contributed by atoms with van der Waals surface area (Å²) in [6.45, 7) is 0. The van der Waals surface area contributed by atoms with Crippen molar-refractivity contribution in [1.29, 1.82) is 5.26 Å². The van der Waals surface area contributed by atoms with E-state index in [1.54, 1.807) is 54.2 Å². The molecule has 0 heterocycles. The van der Waals surface area contributed by atoms with Gasteiger partial charge in [0.2, 0.25) is 5.91 Å². The topological polar surface area (TPSA) is 82.0 Å². The first-order valence-electron chi connectivity index (χ1n) is 7.90. The second kappa shape index (κ2) is 10.00. The molecule has 0 saturated heterocycles. The first kappa shape index (κ1) is 20.0. The van der Waals surface area contributed by atoms with Gasteiger partial charge in [-0.25, -0.2) is 0 Å². The maximum absolute atomic E-state index is 12.6. The van der Waals surface area contributed by atoms with Gasteiger partial charge in [0.1, 0.15) is 6.04 Å². The molecule has 2 amide bonds. The highest BCUT2D eigenvalue weighted by Gasteiger charge is 2.22. The van der Waals surface area contributed by atoms with Crippen LogP contribution in [-0.4, -0.2) is 29.9 Å². The Balaban J connectivity index is 2.12. The van der Waals surface area contributed by atoms with Crippen LogP contribution in [0.25, 0.3) is 0 Å². The van der Waals surface area contributed by atoms with E-state index in [1.165, 1.54) is 0 Å². The van der Waals surface area contributed by atoms with Gasteiger partial charge in [-0.3, -0.25) is 9.59 Å². The minimum absolute atomic E-state index is 0.311. The van der Waals surface area contributed by atoms with Gasteiger partial charge in [0.05, 0.1) is 17.2 Å². The number of benzene rings is 2. The summed E-state index contributed by atoms with van der Waals surface area (Å²) in [4.78, 5) is 25.2. The minimum atomic E-state index is -0.673. The van der Waals surface area contributed by atoms with Gasteiger partial charge in [-0.15, -0.1) is 0 Å². The molecule has 0 aliphatic carbocycles. The van der Waals surface area contributed by atoms with Crippen LogP contribution in [0.15, 0.2) is 53.0 Å². The summed E-state index contributed by atoms with van der Waals surface area (Å²) in [6.07, 6.45) is 2.45. The van der Waals surface area contributed by atoms with Crippen molar-refractivity contribution in [3.8, 4) is 6.07 Å². The van der Waals surface area contributed by atoms with Gasteiger partial charge in [-0.05, 0) is 64.7 Å². The van der Waals surface area contributed by atoms with Crippen molar-refractivity contribution in [2.45, 2.75) is 12.5 Å². The fourth-order valence-electron chi connectivity index (χ4n) is 2.28. The molecule has 2 N–H and O–H groups in total. The number of amides is 2. The van der Waals surface area contributed by atoms with Crippen LogP contribution in [0, 0.1) is 11.3 Å². The molecule has 7 heteroatoms. The van der Waals surface area contributed by atoms with Crippen molar-refractivity contribution in [2.24, 2.45) is 0 Å². The molecule has 1 atom stereocenters. The Hall–Kier alpha value is -2.30. The maximum atomic E-state index is 12.6. The monoisotopic (exact) mass is 431 g/mol. The molecule has 5 nitrogen and oxygen atoms in total. The number of carbonyl (C=O) groups excluding carboxylic acids is 2. The zero-order valence-corrected chi connectivity index (χ0v) is 16.6. The molecule has 0 aliphatic rings. The first-order valence-corrected chi connectivity index (χ1v) is 10.1. The molecule has 0 unspecified atom stereocenters. The Labute approximate surface area is 165 Å². The van der Waals surface area contributed by atoms with Crippen LogP contribution in [-0.2, 0) is 4.79 Å². The number of nitriles is 1. The third-order valence-electron chi connectivity index (χ3n) is 3.61. The fraction of sp³-hybridized carbons (Fsp3) is 0.211. The summed E-state index contributed by atoms with van der Waals surface area (Å²) in [7, 11) is 0. The number of hydrogen-bond acceptors (Lipinski definition) is 4. The molecule has 0 saturated carbocycles. The van der Waals surface area contributed by atoms with Crippen molar-refractivity contribution in [3.05, 3.63) is 64.1 Å². The van der Waals surface area contributed by atoms with E-state index in [0.717, 1.165) is 5.75 Å². The summed E-state index contributed by atoms with van der Waals surface area (Å²) in [6, 6.07) is 15.1. The predicted molar refractivity (Wildman–Crippen MR) is 108 cm³/mol. The first-order chi connectivity index (χ1) is 12.5. The molecule has 2 aromatic carbocycles. The molecular weight excluding hydrogens is 414 g/mol. The van der Waals surface area contributed by atoms with Gasteiger partial charge >= 0.3 is 0 Å². The molecule has 0 radical (unpaired) electrons. The predicted octanol–water partition coefficient (Wildman–Crippen LogP) is 3.81. The van der Waals surface area contributed by atoms with Crippen molar-refractivity contribution in [3.63, 3.8) is 0 Å². The van der Waals surface area contributed by atoms with E-state index in [-0.39, 0.29) is 11.8 Å². The minimum Gasteiger partial charge on any atom is -0.340 e. The van der Waals surface area contributed by atoms with E-state index in [9.17, 15) is 9.59 Å². The summed E-state index contributed by atoms with van der Waals surface area (Å²) in [5, 5.41) is 14.5. The van der Waals surface area contributed by atoms with Crippen LogP contribution < -0.4 is 10.6 Å². The number of rotatable bonds is 7. The maximum Gasteiger partial charge on any atom is 0.253 e. The fourth-order valence-corrected chi connectivity index (χ4v) is 3.22. The van der Waals surface area contributed by atoms with E-state index < -0.39 is 6.04 Å². The second-order valence-electron chi connectivity index (χ2n) is 5.47. The standard InChI is InChI=1S/C19H18BrN3O2S/c1-26-10-9-17(23-18(24)15-7-2-3-8-16(15)20)19(25)22-14-6-4-5-13(11-14)12-21/h2-8,11,17H,9-10H2,1H3,(H,22,25)(H,23,24)/t17-/m1/s1. The molecule has 26 heavy (non-hydrogen) atoms. The molecule has 2 aromatic rings. The number of nitrogens with one attached hydrogen (secondary N) is 2. The van der Waals surface area contributed by atoms with E-state index >= 15 is 0 Å². The average Bonchev–Trinajstić information content (AvgIpc) is 2.65. The van der Waals surface area contributed by atoms with E-state index in [1.807, 2.05) is 18.4 Å². The number of carbonyl (C=O) groups is 2. The van der Waals surface area contributed by atoms with E-state index in [4.69, 9.17) is 5.26 Å². The molecular formula is C19H18BrN3O2S. The van der Waals surface area contributed by atoms with Gasteiger partial charge in [-0.1, -0.05) is 18.2 Å². The van der Waals surface area contributed by atoms with Crippen molar-refractivity contribution >= 4 is 45.2 Å². The normalized spacial score (nSPS) is 11.3. The summed E-state index contributed by atoms with van der Waals surface area (Å²) >= 11 is 4.95. The van der Waals surface area contributed by atoms with Gasteiger partial charge < -0.3 is 10.6 Å². The molecule has 0 aromatic heterocycles. The van der Waals surface area contributed by atoms with Gasteiger partial charge in [0.25, 0.3) is 5.91 Å². The Morgan fingerprint density at radius 1 is 1.23 bits per heavy atom. The number of anilines is 1. The third-order valence-corrected chi connectivity index (χ3v) is 4.95. The molecule has 0 spiro atoms. The number of nitrogens with zero attached hydrogens (tertiary/aromatic N) is 1. The zero-order valence-electron chi connectivity index (χ0n) is 14.2. The lowest BCUT2D eigenvalue weighted by Gasteiger charge is -2.18. The quantitative estimate of drug-likeness (QED) is 0.697. The van der Waals surface area contributed by atoms with Gasteiger partial charge in [-0.2, -0.15) is 17.0 Å². The Morgan fingerprint density at radius 3 is 2.69 bits per heavy atom. The van der Waals surface area contributed by atoms with Gasteiger partial charge in [0, 0.05) is 10.2 Å². The second-order valence-corrected chi connectivity index (χ2v) is 7.31. The SMILES string of the molecule is CSCC[C@@H](NC(=O)c1ccccc1Br)C(=O)Nc1cccc(C#N)c1.